The molecule has 0 saturated carbocycles. The number of para-hydroxylation sites is 1. The zero-order valence-electron chi connectivity index (χ0n) is 16.1. The van der Waals surface area contributed by atoms with Crippen LogP contribution in [0.15, 0.2) is 48.6 Å². The predicted octanol–water partition coefficient (Wildman–Crippen LogP) is 4.03. The van der Waals surface area contributed by atoms with E-state index in [1.807, 2.05) is 24.3 Å². The van der Waals surface area contributed by atoms with E-state index < -0.39 is 0 Å². The molecular formula is C21H27O5Si. The summed E-state index contributed by atoms with van der Waals surface area (Å²) in [6, 6.07) is 7.76. The molecule has 0 bridgehead atoms. The Balaban J connectivity index is 2.64. The van der Waals surface area contributed by atoms with Crippen molar-refractivity contribution in [1.29, 1.82) is 0 Å². The molecule has 0 N–H and O–H groups in total. The van der Waals surface area contributed by atoms with Gasteiger partial charge in [0.1, 0.15) is 5.75 Å². The summed E-state index contributed by atoms with van der Waals surface area (Å²) in [6.07, 6.45) is 3.05. The molecule has 1 rings (SSSR count). The molecule has 0 aromatic heterocycles. The molecule has 0 aliphatic carbocycles. The van der Waals surface area contributed by atoms with Crippen LogP contribution in [0.3, 0.4) is 0 Å². The van der Waals surface area contributed by atoms with E-state index in [0.717, 1.165) is 24.2 Å². The van der Waals surface area contributed by atoms with Crippen molar-refractivity contribution in [2.45, 2.75) is 45.4 Å². The lowest BCUT2D eigenvalue weighted by molar-refractivity contribution is -0.139. The number of benzene rings is 1. The summed E-state index contributed by atoms with van der Waals surface area (Å²) in [6.45, 7) is 11.1. The summed E-state index contributed by atoms with van der Waals surface area (Å²) < 4.78 is 15.6. The fourth-order valence-electron chi connectivity index (χ4n) is 2.60. The molecule has 27 heavy (non-hydrogen) atoms. The van der Waals surface area contributed by atoms with E-state index in [-0.39, 0.29) is 17.9 Å². The minimum atomic E-state index is -0.373. The normalized spacial score (nSPS) is 10.4. The van der Waals surface area contributed by atoms with Crippen LogP contribution in [0.25, 0.3) is 0 Å². The number of carbonyl (C=O) groups is 2. The van der Waals surface area contributed by atoms with Crippen LogP contribution in [-0.4, -0.2) is 35.6 Å². The number of hydrogen-bond donors (Lipinski definition) is 0. The van der Waals surface area contributed by atoms with Gasteiger partial charge < -0.3 is 13.9 Å². The fourth-order valence-corrected chi connectivity index (χ4v) is 2.79. The summed E-state index contributed by atoms with van der Waals surface area (Å²) >= 11 is 0. The predicted molar refractivity (Wildman–Crippen MR) is 106 cm³/mol. The Morgan fingerprint density at radius 2 is 1.44 bits per heavy atom. The van der Waals surface area contributed by atoms with E-state index in [4.69, 9.17) is 13.9 Å². The molecule has 0 heterocycles. The van der Waals surface area contributed by atoms with Crippen LogP contribution >= 0.6 is 0 Å². The first-order valence-electron chi connectivity index (χ1n) is 8.94. The summed E-state index contributed by atoms with van der Waals surface area (Å²) in [5.41, 5.74) is 1.84. The average Bonchev–Trinajstić information content (AvgIpc) is 2.65. The number of carbonyl (C=O) groups excluding carboxylic acids is 2. The van der Waals surface area contributed by atoms with Gasteiger partial charge in [0, 0.05) is 11.1 Å². The Hall–Kier alpha value is -2.34. The maximum atomic E-state index is 11.5. The van der Waals surface area contributed by atoms with Crippen LogP contribution in [0.2, 0.25) is 0 Å². The Labute approximate surface area is 164 Å². The Morgan fingerprint density at radius 1 is 0.963 bits per heavy atom. The van der Waals surface area contributed by atoms with Crippen LogP contribution in [0.5, 0.6) is 5.75 Å². The number of hydrogen-bond acceptors (Lipinski definition) is 5. The molecule has 145 valence electrons. The lowest BCUT2D eigenvalue weighted by Crippen LogP contribution is -2.10. The SMILES string of the molecule is C=C(C)C(=O)OCCCC(CCCOC(=O)C(=C)C)c1ccccc1O[Si]. The van der Waals surface area contributed by atoms with Crippen molar-refractivity contribution in [2.24, 2.45) is 0 Å². The van der Waals surface area contributed by atoms with Gasteiger partial charge in [-0.15, -0.1) is 0 Å². The first kappa shape index (κ1) is 22.7. The zero-order valence-corrected chi connectivity index (χ0v) is 17.1. The number of ether oxygens (including phenoxy) is 2. The quantitative estimate of drug-likeness (QED) is 0.234. The standard InChI is InChI=1S/C21H27O5Si/c1-15(2)20(22)24-13-7-9-17(10-8-14-25-21(23)16(3)4)18-11-5-6-12-19(18)26-27/h5-6,11-12,17H,1,3,7-10,13-14H2,2,4H3. The van der Waals surface area contributed by atoms with Gasteiger partial charge >= 0.3 is 22.4 Å². The third-order valence-corrected chi connectivity index (χ3v) is 4.25. The molecule has 0 aliphatic heterocycles. The molecule has 0 amide bonds. The summed E-state index contributed by atoms with van der Waals surface area (Å²) in [4.78, 5) is 23.0. The molecule has 0 fully saturated rings. The topological polar surface area (TPSA) is 61.8 Å². The molecular weight excluding hydrogens is 360 g/mol. The molecule has 0 saturated heterocycles. The van der Waals surface area contributed by atoms with Gasteiger partial charge in [-0.1, -0.05) is 31.4 Å². The number of esters is 2. The number of rotatable bonds is 12. The second-order valence-corrected chi connectivity index (χ2v) is 6.66. The van der Waals surface area contributed by atoms with Crippen molar-refractivity contribution in [3.63, 3.8) is 0 Å². The van der Waals surface area contributed by atoms with Crippen molar-refractivity contribution in [2.75, 3.05) is 13.2 Å². The average molecular weight is 388 g/mol. The molecule has 6 heteroatoms. The first-order chi connectivity index (χ1) is 12.9. The van der Waals surface area contributed by atoms with Gasteiger partial charge in [0.25, 0.3) is 0 Å². The van der Waals surface area contributed by atoms with E-state index in [1.165, 1.54) is 0 Å². The van der Waals surface area contributed by atoms with Gasteiger partial charge in [0.15, 0.2) is 0 Å². The smallest absolute Gasteiger partial charge is 0.341 e. The molecule has 1 aromatic rings. The van der Waals surface area contributed by atoms with E-state index >= 15 is 0 Å². The Kier molecular flexibility index (Phi) is 10.2. The van der Waals surface area contributed by atoms with E-state index in [2.05, 4.69) is 23.6 Å². The molecule has 5 nitrogen and oxygen atoms in total. The second kappa shape index (κ2) is 12.1. The summed E-state index contributed by atoms with van der Waals surface area (Å²) in [7, 11) is 3.10. The molecule has 3 radical (unpaired) electrons. The van der Waals surface area contributed by atoms with Crippen LogP contribution in [-0.2, 0) is 19.1 Å². The van der Waals surface area contributed by atoms with Gasteiger partial charge in [0.05, 0.1) is 13.2 Å². The lowest BCUT2D eigenvalue weighted by atomic mass is 9.89. The maximum absolute atomic E-state index is 11.5. The summed E-state index contributed by atoms with van der Waals surface area (Å²) in [5, 5.41) is 0. The van der Waals surface area contributed by atoms with Gasteiger partial charge in [-0.05, 0) is 57.1 Å². The van der Waals surface area contributed by atoms with Crippen molar-refractivity contribution < 1.29 is 23.5 Å². The molecule has 0 atom stereocenters. The highest BCUT2D eigenvalue weighted by Gasteiger charge is 2.16. The monoisotopic (exact) mass is 387 g/mol. The van der Waals surface area contributed by atoms with Gasteiger partial charge in [0.2, 0.25) is 0 Å². The highest BCUT2D eigenvalue weighted by molar-refractivity contribution is 6.00. The fraction of sp³-hybridized carbons (Fsp3) is 0.429. The van der Waals surface area contributed by atoms with Gasteiger partial charge in [-0.3, -0.25) is 0 Å². The van der Waals surface area contributed by atoms with Crippen molar-refractivity contribution in [3.8, 4) is 5.75 Å². The largest absolute Gasteiger partial charge is 0.540 e. The van der Waals surface area contributed by atoms with Crippen molar-refractivity contribution in [1.82, 2.24) is 0 Å². The molecule has 1 aromatic carbocycles. The van der Waals surface area contributed by atoms with Crippen molar-refractivity contribution >= 4 is 22.4 Å². The zero-order chi connectivity index (χ0) is 20.2. The van der Waals surface area contributed by atoms with Gasteiger partial charge in [-0.25, -0.2) is 9.59 Å². The van der Waals surface area contributed by atoms with Crippen LogP contribution in [0.4, 0.5) is 0 Å². The maximum Gasteiger partial charge on any atom is 0.341 e. The van der Waals surface area contributed by atoms with E-state index in [1.54, 1.807) is 13.8 Å². The molecule has 0 aliphatic rings. The third kappa shape index (κ3) is 8.26. The first-order valence-corrected chi connectivity index (χ1v) is 9.35. The van der Waals surface area contributed by atoms with Crippen LogP contribution < -0.4 is 4.43 Å². The van der Waals surface area contributed by atoms with Crippen molar-refractivity contribution in [3.05, 3.63) is 54.1 Å². The molecule has 0 spiro atoms. The Bertz CT molecular complexity index is 634. The molecule has 0 unspecified atom stereocenters. The van der Waals surface area contributed by atoms with E-state index in [0.29, 0.717) is 37.2 Å². The van der Waals surface area contributed by atoms with Gasteiger partial charge in [-0.2, -0.15) is 0 Å². The lowest BCUT2D eigenvalue weighted by Gasteiger charge is -2.20. The third-order valence-electron chi connectivity index (χ3n) is 4.03. The minimum Gasteiger partial charge on any atom is -0.540 e. The highest BCUT2D eigenvalue weighted by atomic mass is 28.2. The second-order valence-electron chi connectivity index (χ2n) is 6.45. The minimum absolute atomic E-state index is 0.185. The van der Waals surface area contributed by atoms with E-state index in [9.17, 15) is 9.59 Å². The van der Waals surface area contributed by atoms with Crippen LogP contribution in [0, 0.1) is 0 Å². The highest BCUT2D eigenvalue weighted by Crippen LogP contribution is 2.33. The summed E-state index contributed by atoms with van der Waals surface area (Å²) in [5.74, 6) is 0.186. The Morgan fingerprint density at radius 3 is 1.89 bits per heavy atom. The van der Waals surface area contributed by atoms with Crippen LogP contribution in [0.1, 0.15) is 51.0 Å².